The van der Waals surface area contributed by atoms with E-state index in [1.54, 1.807) is 48.6 Å². The molecule has 0 saturated heterocycles. The maximum atomic E-state index is 12.7. The fourth-order valence-corrected chi connectivity index (χ4v) is 16.0. The predicted octanol–water partition coefficient (Wildman–Crippen LogP) is 19.4. The van der Waals surface area contributed by atoms with Gasteiger partial charge < -0.3 is 51.1 Å². The van der Waals surface area contributed by atoms with E-state index in [1.165, 1.54) is 0 Å². The molecule has 0 fully saturated rings. The third-order valence-electron chi connectivity index (χ3n) is 21.0. The van der Waals surface area contributed by atoms with Crippen LogP contribution in [0, 0.1) is 0 Å². The van der Waals surface area contributed by atoms with E-state index in [0.29, 0.717) is 175 Å². The van der Waals surface area contributed by atoms with Gasteiger partial charge in [-0.25, -0.2) is 0 Å². The first-order valence-electron chi connectivity index (χ1n) is 37.1. The molecule has 0 radical (unpaired) electrons. The third-order valence-corrected chi connectivity index (χ3v) is 21.0. The highest BCUT2D eigenvalue weighted by atomic mass is 16.3. The number of fused-ring (bicyclic) bond motifs is 20. The van der Waals surface area contributed by atoms with E-state index >= 15 is 0 Å². The van der Waals surface area contributed by atoms with Crippen molar-refractivity contribution in [3.8, 4) is 57.5 Å². The van der Waals surface area contributed by atoms with Gasteiger partial charge in [0, 0.05) is 64.2 Å². The summed E-state index contributed by atoms with van der Waals surface area (Å²) >= 11 is 0. The molecule has 2 aliphatic carbocycles. The van der Waals surface area contributed by atoms with Crippen molar-refractivity contribution < 1.29 is 51.1 Å². The van der Waals surface area contributed by atoms with Gasteiger partial charge in [-0.1, -0.05) is 182 Å². The fraction of sp³-hybridized carbons (Fsp3) is 0.204. The summed E-state index contributed by atoms with van der Waals surface area (Å²) < 4.78 is 0. The predicted molar refractivity (Wildman–Crippen MR) is 437 cm³/mol. The molecule has 10 N–H and O–H groups in total. The van der Waals surface area contributed by atoms with Crippen LogP contribution in [0.15, 0.2) is 235 Å². The first kappa shape index (κ1) is 75.5. The lowest BCUT2D eigenvalue weighted by Gasteiger charge is -2.20. The summed E-state index contributed by atoms with van der Waals surface area (Å²) in [4.78, 5) is 0. The van der Waals surface area contributed by atoms with Gasteiger partial charge in [0.05, 0.1) is 0 Å². The molecule has 0 heterocycles. The van der Waals surface area contributed by atoms with Crippen LogP contribution < -0.4 is 0 Å². The van der Waals surface area contributed by atoms with Crippen LogP contribution in [0.5, 0.6) is 57.5 Å². The van der Waals surface area contributed by atoms with E-state index in [0.717, 1.165) is 55.6 Å². The van der Waals surface area contributed by atoms with E-state index in [1.807, 2.05) is 121 Å². The van der Waals surface area contributed by atoms with Gasteiger partial charge in [-0.05, 0) is 231 Å². The van der Waals surface area contributed by atoms with Gasteiger partial charge >= 0.3 is 0 Å². The molecule has 0 aromatic heterocycles. The molecule has 20 bridgehead atoms. The van der Waals surface area contributed by atoms with Crippen molar-refractivity contribution in [2.45, 2.75) is 128 Å². The van der Waals surface area contributed by atoms with Crippen LogP contribution >= 0.6 is 0 Å². The van der Waals surface area contributed by atoms with Crippen molar-refractivity contribution in [3.63, 3.8) is 0 Å². The molecule has 548 valence electrons. The Kier molecular flexibility index (Phi) is 23.5. The minimum absolute atomic E-state index is 0.00388. The zero-order valence-corrected chi connectivity index (χ0v) is 61.6. The first-order valence-corrected chi connectivity index (χ1v) is 37.1. The normalized spacial score (nSPS) is 12.7. The Hall–Kier alpha value is -12.1. The Labute approximate surface area is 635 Å². The Bertz CT molecular complexity index is 4650. The number of hydrogen-bond acceptors (Lipinski definition) is 10. The average molecular weight is 1430 g/mol. The summed E-state index contributed by atoms with van der Waals surface area (Å²) in [6.45, 7) is 32.3. The van der Waals surface area contributed by atoms with Crippen molar-refractivity contribution in [1.29, 1.82) is 0 Å². The van der Waals surface area contributed by atoms with Gasteiger partial charge in [-0.2, -0.15) is 0 Å². The molecule has 10 nitrogen and oxygen atoms in total. The monoisotopic (exact) mass is 1430 g/mol. The lowest BCUT2D eigenvalue weighted by Crippen LogP contribution is -2.04. The van der Waals surface area contributed by atoms with Crippen LogP contribution in [-0.2, 0) is 128 Å². The van der Waals surface area contributed by atoms with Crippen LogP contribution in [0.4, 0.5) is 0 Å². The van der Waals surface area contributed by atoms with Crippen molar-refractivity contribution in [3.05, 3.63) is 402 Å². The zero-order chi connectivity index (χ0) is 76.4. The van der Waals surface area contributed by atoms with Crippen molar-refractivity contribution in [2.75, 3.05) is 0 Å². The highest BCUT2D eigenvalue weighted by molar-refractivity contribution is 5.62. The summed E-state index contributed by atoms with van der Waals surface area (Å²) in [6.07, 6.45) is 24.6. The topological polar surface area (TPSA) is 202 Å². The highest BCUT2D eigenvalue weighted by Gasteiger charge is 2.26. The summed E-state index contributed by atoms with van der Waals surface area (Å²) in [5, 5.41) is 125. The van der Waals surface area contributed by atoms with Crippen LogP contribution in [0.3, 0.4) is 0 Å². The molecule has 0 atom stereocenters. The maximum absolute atomic E-state index is 12.7. The number of benzene rings is 10. The summed E-state index contributed by atoms with van der Waals surface area (Å²) in [5.74, 6) is 0.183. The van der Waals surface area contributed by atoms with Crippen LogP contribution in [0.2, 0.25) is 0 Å². The second kappa shape index (κ2) is 33.5. The molecule has 10 aromatic rings. The lowest BCUT2D eigenvalue weighted by molar-refractivity contribution is 0.448. The highest BCUT2D eigenvalue weighted by Crippen LogP contribution is 2.44. The van der Waals surface area contributed by atoms with Gasteiger partial charge in [0.25, 0.3) is 0 Å². The number of allylic oxidation sites excluding steroid dienone is 10. The molecule has 0 unspecified atom stereocenters. The van der Waals surface area contributed by atoms with Crippen molar-refractivity contribution >= 4 is 0 Å². The molecule has 108 heavy (non-hydrogen) atoms. The fourth-order valence-electron chi connectivity index (χ4n) is 16.0. The van der Waals surface area contributed by atoms with Crippen molar-refractivity contribution in [2.24, 2.45) is 0 Å². The molecule has 0 saturated carbocycles. The summed E-state index contributed by atoms with van der Waals surface area (Å²) in [6, 6.07) is 38.6. The molecule has 10 aromatic carbocycles. The Balaban J connectivity index is 0.981. The van der Waals surface area contributed by atoms with Gasteiger partial charge in [0.2, 0.25) is 0 Å². The SMILES string of the molecule is C=CCc1cc2c(O)c(c1)Cc1cc(CC=C)cc(c1O)Cc1cc(C/C=C/Cc3cc4c(O)c(c3)Cc3cc(CC=C)cc(c3O)Cc3cc(CC=C)cc(c3O)Cc3cc(CC=C)cc(c3O)Cc3cc(CC=C)cc(c3O)C4)cc(c1O)Cc1cc(CC=C)cc(c1O)Cc1cc(CC=C)cc(c1O)C2. The van der Waals surface area contributed by atoms with E-state index in [-0.39, 0.29) is 122 Å². The summed E-state index contributed by atoms with van der Waals surface area (Å²) in [7, 11) is 0. The summed E-state index contributed by atoms with van der Waals surface area (Å²) in [5.41, 5.74) is 20.0. The Morgan fingerprint density at radius 2 is 0.241 bits per heavy atom. The molecule has 0 aliphatic heterocycles. The quantitative estimate of drug-likeness (QED) is 0.0327. The lowest BCUT2D eigenvalue weighted by atomic mass is 9.87. The van der Waals surface area contributed by atoms with Gasteiger partial charge in [0.1, 0.15) is 57.5 Å². The molecule has 2 aliphatic rings. The second-order valence-electron chi connectivity index (χ2n) is 29.2. The minimum Gasteiger partial charge on any atom is -0.507 e. The smallest absolute Gasteiger partial charge is 0.122 e. The Morgan fingerprint density at radius 3 is 0.324 bits per heavy atom. The largest absolute Gasteiger partial charge is 0.507 e. The maximum Gasteiger partial charge on any atom is 0.122 e. The standard InChI is InChI=1S/C98H96O10/c1-9-19-59-29-69-49-70-30-60(20-10-2)34-74(90(70)100)52-78-38-64(24-14-6)42-82(94(78)104)56-86-46-67(45-85(97(86)107)55-81-41-63(23-13-5)37-77(93(81)103)51-73(33-59)89(69)99)27-17-18-28-68-47-87-57-83-43-65(25-15-7)39-79(95(83)105)53-75-35-61(21-11-3)31-71(91(75)101)50-72-32-62(22-12-4)36-76(92(72)102)54-80-40-66(26-16-8)44-84(96(80)106)58-88(48-68)98(87)108/h9-18,29-48,99-108H,1-8,19-28,49-58H2/b18-17+. The molecule has 12 rings (SSSR count). The average Bonchev–Trinajstić information content (AvgIpc) is 0.790. The molecule has 0 spiro atoms. The second-order valence-corrected chi connectivity index (χ2v) is 29.2. The number of aromatic hydroxyl groups is 10. The van der Waals surface area contributed by atoms with E-state index in [9.17, 15) is 51.1 Å². The van der Waals surface area contributed by atoms with Gasteiger partial charge in [-0.15, -0.1) is 52.6 Å². The van der Waals surface area contributed by atoms with Gasteiger partial charge in [0.15, 0.2) is 0 Å². The van der Waals surface area contributed by atoms with E-state index in [2.05, 4.69) is 64.8 Å². The van der Waals surface area contributed by atoms with Crippen LogP contribution in [0.1, 0.15) is 167 Å². The zero-order valence-electron chi connectivity index (χ0n) is 61.6. The van der Waals surface area contributed by atoms with E-state index in [4.69, 9.17) is 0 Å². The number of phenols is 10. The molecule has 10 heteroatoms. The van der Waals surface area contributed by atoms with Crippen molar-refractivity contribution in [1.82, 2.24) is 0 Å². The first-order chi connectivity index (χ1) is 52.2. The minimum atomic E-state index is -0.00388. The third kappa shape index (κ3) is 16.9. The number of rotatable bonds is 20. The van der Waals surface area contributed by atoms with Gasteiger partial charge in [-0.3, -0.25) is 0 Å². The molecule has 0 amide bonds. The molecular weight excluding hydrogens is 1340 g/mol. The number of phenolic OH excluding ortho intramolecular Hbond substituents is 10. The van der Waals surface area contributed by atoms with Crippen LogP contribution in [-0.4, -0.2) is 51.1 Å². The Morgan fingerprint density at radius 1 is 0.157 bits per heavy atom. The van der Waals surface area contributed by atoms with E-state index < -0.39 is 0 Å². The molecular formula is C98H96O10. The number of hydrogen-bond donors (Lipinski definition) is 10. The van der Waals surface area contributed by atoms with Crippen LogP contribution in [0.25, 0.3) is 0 Å².